The number of benzene rings is 1. The zero-order valence-electron chi connectivity index (χ0n) is 17.9. The van der Waals surface area contributed by atoms with Crippen LogP contribution in [-0.2, 0) is 13.1 Å². The van der Waals surface area contributed by atoms with Gasteiger partial charge in [-0.3, -0.25) is 14.7 Å². The summed E-state index contributed by atoms with van der Waals surface area (Å²) in [5.41, 5.74) is 3.40. The fourth-order valence-corrected chi connectivity index (χ4v) is 3.90. The van der Waals surface area contributed by atoms with Crippen LogP contribution in [0.1, 0.15) is 45.3 Å². The first-order valence-electron chi connectivity index (χ1n) is 10.5. The number of hydrogen-bond donors (Lipinski definition) is 1. The van der Waals surface area contributed by atoms with Crippen LogP contribution < -0.4 is 10.1 Å². The lowest BCUT2D eigenvalue weighted by Gasteiger charge is -2.16. The minimum atomic E-state index is -0.170. The highest BCUT2D eigenvalue weighted by Gasteiger charge is 2.26. The van der Waals surface area contributed by atoms with Gasteiger partial charge in [0.25, 0.3) is 5.91 Å². The van der Waals surface area contributed by atoms with Crippen LogP contribution in [0.2, 0.25) is 0 Å². The van der Waals surface area contributed by atoms with Gasteiger partial charge in [0.05, 0.1) is 18.4 Å². The summed E-state index contributed by atoms with van der Waals surface area (Å²) in [6, 6.07) is 11.7. The maximum atomic E-state index is 12.6. The molecule has 1 amide bonds. The van der Waals surface area contributed by atoms with E-state index in [2.05, 4.69) is 31.2 Å². The molecule has 0 aliphatic carbocycles. The van der Waals surface area contributed by atoms with E-state index in [1.807, 2.05) is 43.5 Å². The molecule has 0 saturated carbocycles. The van der Waals surface area contributed by atoms with Crippen molar-refractivity contribution in [2.75, 3.05) is 20.2 Å². The lowest BCUT2D eigenvalue weighted by Crippen LogP contribution is -2.25. The molecule has 1 fully saturated rings. The summed E-state index contributed by atoms with van der Waals surface area (Å²) in [5.74, 6) is 1.70. The number of carbonyl (C=O) groups excluding carboxylic acids is 1. The maximum absolute atomic E-state index is 12.6. The van der Waals surface area contributed by atoms with Gasteiger partial charge in [0, 0.05) is 44.1 Å². The largest absolute Gasteiger partial charge is 0.497 e. The maximum Gasteiger partial charge on any atom is 0.254 e. The highest BCUT2D eigenvalue weighted by atomic mass is 16.5. The zero-order chi connectivity index (χ0) is 21.6. The second-order valence-electron chi connectivity index (χ2n) is 7.84. The molecule has 1 saturated heterocycles. The Bertz CT molecular complexity index is 1040. The van der Waals surface area contributed by atoms with Crippen LogP contribution in [-0.4, -0.2) is 46.0 Å². The predicted molar refractivity (Wildman–Crippen MR) is 118 cm³/mol. The van der Waals surface area contributed by atoms with E-state index in [0.29, 0.717) is 17.8 Å². The minimum Gasteiger partial charge on any atom is -0.497 e. The van der Waals surface area contributed by atoms with Crippen LogP contribution >= 0.6 is 0 Å². The first kappa shape index (κ1) is 20.9. The molecule has 31 heavy (non-hydrogen) atoms. The van der Waals surface area contributed by atoms with Gasteiger partial charge in [-0.15, -0.1) is 0 Å². The van der Waals surface area contributed by atoms with E-state index in [1.165, 1.54) is 5.56 Å². The third kappa shape index (κ3) is 5.24. The number of methoxy groups -OCH3 is 1. The molecular weight excluding hydrogens is 390 g/mol. The van der Waals surface area contributed by atoms with Gasteiger partial charge in [-0.05, 0) is 49.2 Å². The lowest BCUT2D eigenvalue weighted by molar-refractivity contribution is 0.0949. The van der Waals surface area contributed by atoms with Crippen LogP contribution in [0.15, 0.2) is 55.0 Å². The molecule has 1 aromatic carbocycles. The summed E-state index contributed by atoms with van der Waals surface area (Å²) in [6.45, 7) is 5.09. The van der Waals surface area contributed by atoms with E-state index >= 15 is 0 Å². The summed E-state index contributed by atoms with van der Waals surface area (Å²) < 4.78 is 5.23. The van der Waals surface area contributed by atoms with Crippen molar-refractivity contribution in [2.24, 2.45) is 0 Å². The molecule has 1 atom stereocenters. The molecule has 0 radical (unpaired) electrons. The number of rotatable bonds is 7. The Hall–Kier alpha value is -3.32. The highest BCUT2D eigenvalue weighted by Crippen LogP contribution is 2.26. The fourth-order valence-electron chi connectivity index (χ4n) is 3.90. The fraction of sp³-hybridized carbons (Fsp3) is 0.333. The number of ether oxygens (including phenoxy) is 1. The standard InChI is InChI=1S/C24H27N5O2/c1-17-22(24(30)27-13-18-5-3-7-21(11-18)31-2)14-26-23(28-17)20-8-10-29(16-20)15-19-6-4-9-25-12-19/h3-7,9,11-12,14,20H,8,10,13,15-16H2,1-2H3,(H,27,30)/t20-/m0/s1. The summed E-state index contributed by atoms with van der Waals surface area (Å²) >= 11 is 0. The molecule has 1 aliphatic rings. The normalized spacial score (nSPS) is 16.3. The summed E-state index contributed by atoms with van der Waals surface area (Å²) in [5, 5.41) is 2.94. The predicted octanol–water partition coefficient (Wildman–Crippen LogP) is 3.11. The average Bonchev–Trinajstić information content (AvgIpc) is 3.26. The van der Waals surface area contributed by atoms with Crippen molar-refractivity contribution < 1.29 is 9.53 Å². The van der Waals surface area contributed by atoms with Crippen molar-refractivity contribution in [3.05, 3.63) is 83.2 Å². The molecule has 160 valence electrons. The van der Waals surface area contributed by atoms with Crippen molar-refractivity contribution in [1.29, 1.82) is 0 Å². The van der Waals surface area contributed by atoms with Gasteiger partial charge in [-0.2, -0.15) is 0 Å². The first-order chi connectivity index (χ1) is 15.1. The van der Waals surface area contributed by atoms with E-state index in [9.17, 15) is 4.79 Å². The van der Waals surface area contributed by atoms with Gasteiger partial charge in [0.2, 0.25) is 0 Å². The number of amides is 1. The van der Waals surface area contributed by atoms with E-state index in [0.717, 1.165) is 43.2 Å². The Kier molecular flexibility index (Phi) is 6.52. The average molecular weight is 418 g/mol. The molecular formula is C24H27N5O2. The molecule has 7 heteroatoms. The van der Waals surface area contributed by atoms with Crippen molar-refractivity contribution in [2.45, 2.75) is 32.4 Å². The molecule has 7 nitrogen and oxygen atoms in total. The monoisotopic (exact) mass is 417 g/mol. The van der Waals surface area contributed by atoms with E-state index in [-0.39, 0.29) is 11.8 Å². The third-order valence-corrected chi connectivity index (χ3v) is 5.60. The van der Waals surface area contributed by atoms with Gasteiger partial charge in [0.15, 0.2) is 0 Å². The Balaban J connectivity index is 1.36. The number of carbonyl (C=O) groups is 1. The van der Waals surface area contributed by atoms with E-state index in [1.54, 1.807) is 19.5 Å². The Morgan fingerprint density at radius 2 is 2.10 bits per heavy atom. The van der Waals surface area contributed by atoms with Gasteiger partial charge in [0.1, 0.15) is 11.6 Å². The Labute approximate surface area is 182 Å². The number of hydrogen-bond acceptors (Lipinski definition) is 6. The quantitative estimate of drug-likeness (QED) is 0.636. The number of pyridine rings is 1. The number of nitrogens with one attached hydrogen (secondary N) is 1. The molecule has 2 aromatic heterocycles. The zero-order valence-corrected chi connectivity index (χ0v) is 17.9. The molecule has 0 bridgehead atoms. The molecule has 4 rings (SSSR count). The van der Waals surface area contributed by atoms with Gasteiger partial charge < -0.3 is 10.1 Å². The van der Waals surface area contributed by atoms with Crippen LogP contribution in [0.25, 0.3) is 0 Å². The second-order valence-corrected chi connectivity index (χ2v) is 7.84. The van der Waals surface area contributed by atoms with E-state index in [4.69, 9.17) is 4.74 Å². The van der Waals surface area contributed by atoms with Crippen molar-refractivity contribution in [3.63, 3.8) is 0 Å². The lowest BCUT2D eigenvalue weighted by atomic mass is 10.1. The minimum absolute atomic E-state index is 0.170. The van der Waals surface area contributed by atoms with Crippen LogP contribution in [0.5, 0.6) is 5.75 Å². The van der Waals surface area contributed by atoms with Crippen LogP contribution in [0, 0.1) is 6.92 Å². The Morgan fingerprint density at radius 1 is 1.23 bits per heavy atom. The number of aryl methyl sites for hydroxylation is 1. The van der Waals surface area contributed by atoms with Crippen molar-refractivity contribution in [3.8, 4) is 5.75 Å². The molecule has 0 spiro atoms. The van der Waals surface area contributed by atoms with E-state index < -0.39 is 0 Å². The number of likely N-dealkylation sites (tertiary alicyclic amines) is 1. The topological polar surface area (TPSA) is 80.2 Å². The SMILES string of the molecule is COc1cccc(CNC(=O)c2cnc([C@H]3CCN(Cc4cccnc4)C3)nc2C)c1. The summed E-state index contributed by atoms with van der Waals surface area (Å²) in [4.78, 5) is 28.4. The van der Waals surface area contributed by atoms with Crippen molar-refractivity contribution >= 4 is 5.91 Å². The highest BCUT2D eigenvalue weighted by molar-refractivity contribution is 5.94. The van der Waals surface area contributed by atoms with Gasteiger partial charge in [-0.25, -0.2) is 9.97 Å². The smallest absolute Gasteiger partial charge is 0.254 e. The summed E-state index contributed by atoms with van der Waals surface area (Å²) in [7, 11) is 1.63. The van der Waals surface area contributed by atoms with Gasteiger partial charge in [-0.1, -0.05) is 18.2 Å². The molecule has 3 heterocycles. The summed E-state index contributed by atoms with van der Waals surface area (Å²) in [6.07, 6.45) is 6.37. The number of aromatic nitrogens is 3. The Morgan fingerprint density at radius 3 is 2.87 bits per heavy atom. The third-order valence-electron chi connectivity index (χ3n) is 5.60. The van der Waals surface area contributed by atoms with Crippen molar-refractivity contribution in [1.82, 2.24) is 25.2 Å². The molecule has 3 aromatic rings. The molecule has 1 N–H and O–H groups in total. The molecule has 0 unspecified atom stereocenters. The van der Waals surface area contributed by atoms with Gasteiger partial charge >= 0.3 is 0 Å². The van der Waals surface area contributed by atoms with Crippen LogP contribution in [0.4, 0.5) is 0 Å². The van der Waals surface area contributed by atoms with Crippen LogP contribution in [0.3, 0.4) is 0 Å². The second kappa shape index (κ2) is 9.66. The molecule has 1 aliphatic heterocycles. The number of nitrogens with zero attached hydrogens (tertiary/aromatic N) is 4. The first-order valence-corrected chi connectivity index (χ1v) is 10.5.